The number of hydrogen-bond donors (Lipinski definition) is 1. The van der Waals surface area contributed by atoms with Crippen LogP contribution in [0.1, 0.15) is 16.8 Å². The molecule has 2 rings (SSSR count). The average Bonchev–Trinajstić information content (AvgIpc) is 2.19. The van der Waals surface area contributed by atoms with Crippen LogP contribution in [-0.2, 0) is 0 Å². The Balaban J connectivity index is 2.45. The number of benzene rings is 1. The summed E-state index contributed by atoms with van der Waals surface area (Å²) in [7, 11) is 0. The minimum absolute atomic E-state index is 0.0344. The van der Waals surface area contributed by atoms with Gasteiger partial charge in [-0.05, 0) is 12.1 Å². The standard InChI is InChI=1S/C10H9ClO3/c11-8-3-1-2-7-9(13)4-6(5-12)14-10(7)8/h1-3,6,12H,4-5H2/t6-/m1/s1. The molecule has 1 aliphatic heterocycles. The monoisotopic (exact) mass is 212 g/mol. The Bertz CT molecular complexity index is 376. The molecule has 14 heavy (non-hydrogen) atoms. The minimum atomic E-state index is -0.463. The van der Waals surface area contributed by atoms with E-state index in [1.54, 1.807) is 18.2 Å². The van der Waals surface area contributed by atoms with Gasteiger partial charge in [0.05, 0.1) is 23.6 Å². The van der Waals surface area contributed by atoms with E-state index in [9.17, 15) is 4.79 Å². The SMILES string of the molecule is O=C1C[C@H](CO)Oc2c(Cl)cccc21. The number of carbonyl (C=O) groups excluding carboxylic acids is 1. The lowest BCUT2D eigenvalue weighted by molar-refractivity contribution is 0.0705. The van der Waals surface area contributed by atoms with Crippen LogP contribution in [0.15, 0.2) is 18.2 Å². The number of hydrogen-bond acceptors (Lipinski definition) is 3. The van der Waals surface area contributed by atoms with Gasteiger partial charge in [-0.2, -0.15) is 0 Å². The fourth-order valence-electron chi connectivity index (χ4n) is 1.48. The normalized spacial score (nSPS) is 20.1. The summed E-state index contributed by atoms with van der Waals surface area (Å²) in [5.74, 6) is 0.359. The maximum atomic E-state index is 11.6. The number of Topliss-reactive ketones (excluding diaryl/α,β-unsaturated/α-hetero) is 1. The average molecular weight is 213 g/mol. The van der Waals surface area contributed by atoms with Crippen molar-refractivity contribution in [2.75, 3.05) is 6.61 Å². The molecule has 4 heteroatoms. The summed E-state index contributed by atoms with van der Waals surface area (Å²) in [5.41, 5.74) is 0.502. The molecule has 0 bridgehead atoms. The van der Waals surface area contributed by atoms with Crippen molar-refractivity contribution in [3.63, 3.8) is 0 Å². The van der Waals surface area contributed by atoms with Crippen LogP contribution in [0.25, 0.3) is 0 Å². The van der Waals surface area contributed by atoms with Gasteiger partial charge in [0.15, 0.2) is 5.78 Å². The molecular formula is C10H9ClO3. The van der Waals surface area contributed by atoms with Gasteiger partial charge in [-0.3, -0.25) is 4.79 Å². The molecule has 1 aliphatic rings. The summed E-state index contributed by atoms with van der Waals surface area (Å²) < 4.78 is 5.38. The Morgan fingerprint density at radius 2 is 2.36 bits per heavy atom. The molecule has 74 valence electrons. The molecule has 0 amide bonds. The van der Waals surface area contributed by atoms with Gasteiger partial charge in [-0.1, -0.05) is 17.7 Å². The van der Waals surface area contributed by atoms with Crippen molar-refractivity contribution in [2.24, 2.45) is 0 Å². The molecule has 1 atom stereocenters. The van der Waals surface area contributed by atoms with Crippen LogP contribution < -0.4 is 4.74 Å². The molecule has 0 unspecified atom stereocenters. The predicted octanol–water partition coefficient (Wildman–Crippen LogP) is 1.67. The van der Waals surface area contributed by atoms with Crippen LogP contribution in [0.4, 0.5) is 0 Å². The number of aliphatic hydroxyl groups is 1. The van der Waals surface area contributed by atoms with E-state index in [0.29, 0.717) is 16.3 Å². The topological polar surface area (TPSA) is 46.5 Å². The zero-order valence-corrected chi connectivity index (χ0v) is 8.12. The third-order valence-electron chi connectivity index (χ3n) is 2.17. The molecule has 1 heterocycles. The summed E-state index contributed by atoms with van der Waals surface area (Å²) in [6.07, 6.45) is -0.251. The van der Waals surface area contributed by atoms with Crippen molar-refractivity contribution in [2.45, 2.75) is 12.5 Å². The van der Waals surface area contributed by atoms with E-state index in [4.69, 9.17) is 21.4 Å². The third-order valence-corrected chi connectivity index (χ3v) is 2.47. The highest BCUT2D eigenvalue weighted by molar-refractivity contribution is 6.32. The molecule has 0 saturated carbocycles. The molecule has 1 aromatic carbocycles. The highest BCUT2D eigenvalue weighted by atomic mass is 35.5. The van der Waals surface area contributed by atoms with Gasteiger partial charge in [0.25, 0.3) is 0 Å². The van der Waals surface area contributed by atoms with Crippen molar-refractivity contribution in [3.05, 3.63) is 28.8 Å². The molecule has 0 radical (unpaired) electrons. The maximum absolute atomic E-state index is 11.6. The highest BCUT2D eigenvalue weighted by Gasteiger charge is 2.27. The second-order valence-electron chi connectivity index (χ2n) is 3.17. The molecule has 0 aromatic heterocycles. The number of ether oxygens (including phenoxy) is 1. The van der Waals surface area contributed by atoms with E-state index < -0.39 is 6.10 Å². The van der Waals surface area contributed by atoms with Crippen molar-refractivity contribution in [1.29, 1.82) is 0 Å². The molecule has 3 nitrogen and oxygen atoms in total. The second-order valence-corrected chi connectivity index (χ2v) is 3.57. The van der Waals surface area contributed by atoms with Crippen LogP contribution in [-0.4, -0.2) is 23.6 Å². The van der Waals surface area contributed by atoms with E-state index >= 15 is 0 Å². The Morgan fingerprint density at radius 1 is 1.57 bits per heavy atom. The highest BCUT2D eigenvalue weighted by Crippen LogP contribution is 2.34. The molecule has 0 saturated heterocycles. The van der Waals surface area contributed by atoms with Crippen LogP contribution in [0, 0.1) is 0 Å². The van der Waals surface area contributed by atoms with Crippen LogP contribution in [0.5, 0.6) is 5.75 Å². The Hall–Kier alpha value is -1.06. The number of rotatable bonds is 1. The van der Waals surface area contributed by atoms with Crippen molar-refractivity contribution in [1.82, 2.24) is 0 Å². The van der Waals surface area contributed by atoms with Gasteiger partial charge in [0.2, 0.25) is 0 Å². The zero-order valence-electron chi connectivity index (χ0n) is 7.37. The van der Waals surface area contributed by atoms with Gasteiger partial charge < -0.3 is 9.84 Å². The summed E-state index contributed by atoms with van der Waals surface area (Å²) in [4.78, 5) is 11.6. The molecular weight excluding hydrogens is 204 g/mol. The fraction of sp³-hybridized carbons (Fsp3) is 0.300. The van der Waals surface area contributed by atoms with Crippen molar-refractivity contribution >= 4 is 17.4 Å². The second kappa shape index (κ2) is 3.59. The summed E-state index contributed by atoms with van der Waals surface area (Å²) in [6, 6.07) is 5.05. The number of carbonyl (C=O) groups is 1. The quantitative estimate of drug-likeness (QED) is 0.770. The summed E-state index contributed by atoms with van der Waals surface area (Å²) >= 11 is 5.87. The Labute approximate surface area is 86.3 Å². The van der Waals surface area contributed by atoms with E-state index in [1.165, 1.54) is 0 Å². The van der Waals surface area contributed by atoms with Gasteiger partial charge in [0.1, 0.15) is 11.9 Å². The molecule has 1 aromatic rings. The summed E-state index contributed by atoms with van der Waals surface area (Å²) in [5, 5.41) is 9.32. The van der Waals surface area contributed by atoms with E-state index in [1.807, 2.05) is 0 Å². The Kier molecular flexibility index (Phi) is 2.44. The summed E-state index contributed by atoms with van der Waals surface area (Å²) in [6.45, 7) is -0.170. The van der Waals surface area contributed by atoms with E-state index in [2.05, 4.69) is 0 Å². The molecule has 0 spiro atoms. The lowest BCUT2D eigenvalue weighted by Gasteiger charge is -2.24. The first kappa shape index (κ1) is 9.49. The minimum Gasteiger partial charge on any atom is -0.485 e. The fourth-order valence-corrected chi connectivity index (χ4v) is 1.69. The number of fused-ring (bicyclic) bond motifs is 1. The lowest BCUT2D eigenvalue weighted by Crippen LogP contribution is -2.30. The lowest BCUT2D eigenvalue weighted by atomic mass is 10.0. The molecule has 1 N–H and O–H groups in total. The van der Waals surface area contributed by atoms with Gasteiger partial charge in [-0.15, -0.1) is 0 Å². The zero-order chi connectivity index (χ0) is 10.1. The van der Waals surface area contributed by atoms with Crippen LogP contribution in [0.3, 0.4) is 0 Å². The van der Waals surface area contributed by atoms with Gasteiger partial charge in [0, 0.05) is 0 Å². The first-order valence-corrected chi connectivity index (χ1v) is 4.69. The van der Waals surface area contributed by atoms with Crippen molar-refractivity contribution < 1.29 is 14.6 Å². The number of para-hydroxylation sites is 1. The smallest absolute Gasteiger partial charge is 0.170 e. The number of ketones is 1. The van der Waals surface area contributed by atoms with Crippen molar-refractivity contribution in [3.8, 4) is 5.75 Å². The third kappa shape index (κ3) is 1.49. The predicted molar refractivity (Wildman–Crippen MR) is 51.9 cm³/mol. The number of aliphatic hydroxyl groups excluding tert-OH is 1. The van der Waals surface area contributed by atoms with Crippen LogP contribution >= 0.6 is 11.6 Å². The first-order valence-electron chi connectivity index (χ1n) is 4.31. The van der Waals surface area contributed by atoms with Gasteiger partial charge in [-0.25, -0.2) is 0 Å². The Morgan fingerprint density at radius 3 is 3.07 bits per heavy atom. The van der Waals surface area contributed by atoms with E-state index in [0.717, 1.165) is 0 Å². The van der Waals surface area contributed by atoms with E-state index in [-0.39, 0.29) is 18.8 Å². The first-order chi connectivity index (χ1) is 6.72. The maximum Gasteiger partial charge on any atom is 0.170 e. The molecule has 0 fully saturated rings. The van der Waals surface area contributed by atoms with Gasteiger partial charge >= 0.3 is 0 Å². The molecule has 0 aliphatic carbocycles. The van der Waals surface area contributed by atoms with Crippen LogP contribution in [0.2, 0.25) is 5.02 Å². The largest absolute Gasteiger partial charge is 0.485 e. The number of halogens is 1.